The molecule has 1 fully saturated rings. The Morgan fingerprint density at radius 2 is 2.12 bits per heavy atom. The molecule has 0 spiro atoms. The molecule has 2 atom stereocenters. The van der Waals surface area contributed by atoms with E-state index < -0.39 is 0 Å². The van der Waals surface area contributed by atoms with E-state index in [0.29, 0.717) is 41.3 Å². The van der Waals surface area contributed by atoms with Crippen molar-refractivity contribution >= 4 is 41.8 Å². The number of aromatic amines is 1. The summed E-state index contributed by atoms with van der Waals surface area (Å²) in [5.41, 5.74) is 7.10. The molecule has 0 radical (unpaired) electrons. The van der Waals surface area contributed by atoms with E-state index in [1.165, 1.54) is 0 Å². The number of rotatable bonds is 2. The Kier molecular flexibility index (Phi) is 6.44. The van der Waals surface area contributed by atoms with Crippen LogP contribution in [0.2, 0.25) is 0 Å². The minimum atomic E-state index is -0.282. The van der Waals surface area contributed by atoms with E-state index in [2.05, 4.69) is 10.1 Å². The monoisotopic (exact) mass is 375 g/mol. The Bertz CT molecular complexity index is 801. The molecule has 0 aliphatic carbocycles. The van der Waals surface area contributed by atoms with Gasteiger partial charge in [0.1, 0.15) is 0 Å². The Morgan fingerprint density at radius 3 is 2.71 bits per heavy atom. The summed E-state index contributed by atoms with van der Waals surface area (Å²) >= 11 is 0. The van der Waals surface area contributed by atoms with Crippen LogP contribution in [0.1, 0.15) is 29.4 Å². The maximum atomic E-state index is 12.9. The van der Waals surface area contributed by atoms with Crippen molar-refractivity contribution in [1.82, 2.24) is 19.7 Å². The Labute approximate surface area is 152 Å². The largest absolute Gasteiger partial charge is 0.336 e. The Hall–Kier alpha value is -1.57. The van der Waals surface area contributed by atoms with Crippen molar-refractivity contribution in [3.05, 3.63) is 27.7 Å². The number of H-pyrrole nitrogens is 1. The lowest BCUT2D eigenvalue weighted by atomic mass is 10.1. The molecule has 0 aromatic carbocycles. The molecule has 3 heterocycles. The molecule has 7 nitrogen and oxygen atoms in total. The van der Waals surface area contributed by atoms with Gasteiger partial charge in [-0.3, -0.25) is 19.4 Å². The van der Waals surface area contributed by atoms with E-state index in [1.54, 1.807) is 17.8 Å². The lowest BCUT2D eigenvalue weighted by Crippen LogP contribution is -2.35. The number of hydrogen-bond acceptors (Lipinski definition) is 4. The van der Waals surface area contributed by atoms with Gasteiger partial charge in [-0.25, -0.2) is 4.98 Å². The van der Waals surface area contributed by atoms with Crippen molar-refractivity contribution < 1.29 is 4.79 Å². The average Bonchev–Trinajstić information content (AvgIpc) is 2.98. The summed E-state index contributed by atoms with van der Waals surface area (Å²) in [7, 11) is 1.72. The first-order valence-electron chi connectivity index (χ1n) is 7.49. The van der Waals surface area contributed by atoms with Crippen LogP contribution in [0.5, 0.6) is 0 Å². The molecule has 2 unspecified atom stereocenters. The minimum absolute atomic E-state index is 0. The van der Waals surface area contributed by atoms with Gasteiger partial charge in [0, 0.05) is 25.3 Å². The number of carbonyl (C=O) groups excluding carboxylic acids is 1. The lowest BCUT2D eigenvalue weighted by molar-refractivity contribution is 0.0745. The van der Waals surface area contributed by atoms with Crippen molar-refractivity contribution in [3.63, 3.8) is 0 Å². The molecule has 2 aromatic heterocycles. The van der Waals surface area contributed by atoms with Crippen molar-refractivity contribution in [1.29, 1.82) is 0 Å². The standard InChI is InChI=1S/C15H21N5O2.2ClH/c1-8-4-11(12-13(17-8)19(3)18-14(12)21)15(22)20-7-10(6-16)5-9(20)2;;/h4,9-10H,5-7,16H2,1-3H3,(H,18,21);2*1H. The molecule has 3 N–H and O–H groups in total. The molecule has 1 aliphatic heterocycles. The predicted octanol–water partition coefficient (Wildman–Crippen LogP) is 1.22. The van der Waals surface area contributed by atoms with Crippen LogP contribution in [0.25, 0.3) is 11.0 Å². The average molecular weight is 376 g/mol. The number of likely N-dealkylation sites (tertiary alicyclic amines) is 1. The van der Waals surface area contributed by atoms with Gasteiger partial charge in [0.15, 0.2) is 5.65 Å². The van der Waals surface area contributed by atoms with Gasteiger partial charge in [-0.2, -0.15) is 0 Å². The van der Waals surface area contributed by atoms with Crippen LogP contribution >= 0.6 is 24.8 Å². The number of carbonyl (C=O) groups is 1. The van der Waals surface area contributed by atoms with Gasteiger partial charge in [-0.1, -0.05) is 0 Å². The summed E-state index contributed by atoms with van der Waals surface area (Å²) in [6.45, 7) is 5.06. The summed E-state index contributed by atoms with van der Waals surface area (Å²) in [5, 5.41) is 3.03. The number of hydrogen-bond donors (Lipinski definition) is 2. The normalized spacial score (nSPS) is 19.9. The fraction of sp³-hybridized carbons (Fsp3) is 0.533. The second-order valence-electron chi connectivity index (χ2n) is 6.15. The van der Waals surface area contributed by atoms with E-state index in [4.69, 9.17) is 5.73 Å². The Balaban J connectivity index is 0.00000144. The molecule has 0 bridgehead atoms. The number of pyridine rings is 1. The zero-order chi connectivity index (χ0) is 16.0. The van der Waals surface area contributed by atoms with Gasteiger partial charge in [-0.05, 0) is 38.8 Å². The minimum Gasteiger partial charge on any atom is -0.336 e. The zero-order valence-electron chi connectivity index (χ0n) is 13.9. The molecule has 2 aromatic rings. The van der Waals surface area contributed by atoms with E-state index in [1.807, 2.05) is 18.7 Å². The number of nitrogens with two attached hydrogens (primary N) is 1. The summed E-state index contributed by atoms with van der Waals surface area (Å²) in [4.78, 5) is 31.3. The lowest BCUT2D eigenvalue weighted by Gasteiger charge is -2.22. The number of aromatic nitrogens is 3. The Morgan fingerprint density at radius 1 is 1.46 bits per heavy atom. The van der Waals surface area contributed by atoms with E-state index in [0.717, 1.165) is 6.42 Å². The fourth-order valence-corrected chi connectivity index (χ4v) is 3.30. The van der Waals surface area contributed by atoms with Gasteiger partial charge in [0.25, 0.3) is 11.5 Å². The second kappa shape index (κ2) is 7.55. The highest BCUT2D eigenvalue weighted by atomic mass is 35.5. The van der Waals surface area contributed by atoms with Crippen molar-refractivity contribution in [2.24, 2.45) is 18.7 Å². The molecule has 24 heavy (non-hydrogen) atoms. The van der Waals surface area contributed by atoms with Gasteiger partial charge in [0.05, 0.1) is 10.9 Å². The van der Waals surface area contributed by atoms with Crippen LogP contribution in [-0.4, -0.2) is 44.7 Å². The first-order chi connectivity index (χ1) is 10.4. The number of amides is 1. The van der Waals surface area contributed by atoms with Gasteiger partial charge in [-0.15, -0.1) is 24.8 Å². The number of aryl methyl sites for hydroxylation is 2. The van der Waals surface area contributed by atoms with E-state index >= 15 is 0 Å². The summed E-state index contributed by atoms with van der Waals surface area (Å²) < 4.78 is 1.55. The van der Waals surface area contributed by atoms with Crippen LogP contribution in [0.15, 0.2) is 10.9 Å². The van der Waals surface area contributed by atoms with Crippen molar-refractivity contribution in [2.45, 2.75) is 26.3 Å². The molecule has 1 aliphatic rings. The van der Waals surface area contributed by atoms with Crippen molar-refractivity contribution in [3.8, 4) is 0 Å². The molecule has 3 rings (SSSR count). The highest BCUT2D eigenvalue weighted by Gasteiger charge is 2.33. The van der Waals surface area contributed by atoms with Gasteiger partial charge >= 0.3 is 0 Å². The smallest absolute Gasteiger partial charge is 0.274 e. The van der Waals surface area contributed by atoms with Crippen LogP contribution in [0, 0.1) is 12.8 Å². The topological polar surface area (TPSA) is 97.0 Å². The van der Waals surface area contributed by atoms with Crippen molar-refractivity contribution in [2.75, 3.05) is 13.1 Å². The van der Waals surface area contributed by atoms with Gasteiger partial charge in [0.2, 0.25) is 0 Å². The number of halogens is 2. The third-order valence-electron chi connectivity index (χ3n) is 4.43. The highest BCUT2D eigenvalue weighted by Crippen LogP contribution is 2.26. The molecule has 0 saturated carbocycles. The quantitative estimate of drug-likeness (QED) is 0.824. The summed E-state index contributed by atoms with van der Waals surface area (Å²) in [6.07, 6.45) is 0.903. The third kappa shape index (κ3) is 3.29. The number of nitrogens with one attached hydrogen (secondary N) is 1. The molecular formula is C15H23Cl2N5O2. The molecule has 1 amide bonds. The molecular weight excluding hydrogens is 353 g/mol. The second-order valence-corrected chi connectivity index (χ2v) is 6.15. The van der Waals surface area contributed by atoms with Crippen LogP contribution < -0.4 is 11.3 Å². The van der Waals surface area contributed by atoms with Crippen LogP contribution in [0.4, 0.5) is 0 Å². The fourth-order valence-electron chi connectivity index (χ4n) is 3.30. The number of fused-ring (bicyclic) bond motifs is 1. The highest BCUT2D eigenvalue weighted by molar-refractivity contribution is 6.05. The maximum Gasteiger partial charge on any atom is 0.274 e. The SMILES string of the molecule is Cc1cc(C(=O)N2CC(CN)CC2C)c2c(=O)[nH]n(C)c2n1.Cl.Cl. The van der Waals surface area contributed by atoms with Gasteiger partial charge < -0.3 is 10.6 Å². The summed E-state index contributed by atoms with van der Waals surface area (Å²) in [6, 6.07) is 1.83. The first kappa shape index (κ1) is 20.5. The number of nitrogens with zero attached hydrogens (tertiary/aromatic N) is 3. The molecule has 1 saturated heterocycles. The third-order valence-corrected chi connectivity index (χ3v) is 4.43. The summed E-state index contributed by atoms with van der Waals surface area (Å²) in [5.74, 6) is 0.210. The van der Waals surface area contributed by atoms with E-state index in [-0.39, 0.29) is 42.3 Å². The predicted molar refractivity (Wildman–Crippen MR) is 98.2 cm³/mol. The van der Waals surface area contributed by atoms with E-state index in [9.17, 15) is 9.59 Å². The van der Waals surface area contributed by atoms with Crippen LogP contribution in [0.3, 0.4) is 0 Å². The molecule has 9 heteroatoms. The van der Waals surface area contributed by atoms with Crippen LogP contribution in [-0.2, 0) is 7.05 Å². The first-order valence-corrected chi connectivity index (χ1v) is 7.49. The molecule has 134 valence electrons. The zero-order valence-corrected chi connectivity index (χ0v) is 15.5. The maximum absolute atomic E-state index is 12.9.